The maximum absolute atomic E-state index is 6.19. The predicted octanol–water partition coefficient (Wildman–Crippen LogP) is 4.91. The van der Waals surface area contributed by atoms with Crippen LogP contribution in [0.3, 0.4) is 0 Å². The van der Waals surface area contributed by atoms with E-state index in [1.54, 1.807) is 12.4 Å². The molecule has 0 aliphatic carbocycles. The summed E-state index contributed by atoms with van der Waals surface area (Å²) in [6, 6.07) is 9.63. The van der Waals surface area contributed by atoms with Gasteiger partial charge >= 0.3 is 0 Å². The van der Waals surface area contributed by atoms with Crippen LogP contribution in [-0.2, 0) is 13.1 Å². The third-order valence-electron chi connectivity index (χ3n) is 4.50. The van der Waals surface area contributed by atoms with E-state index in [0.29, 0.717) is 34.8 Å². The minimum atomic E-state index is 0.544. The van der Waals surface area contributed by atoms with E-state index in [0.717, 1.165) is 35.4 Å². The SMILES string of the molecule is S=C(NCCCn1ccnc1)NCCN(Cc1ccc(Cl)c(Cl)c1)c1ccc(Br)cn1. The van der Waals surface area contributed by atoms with Crippen LogP contribution in [0.4, 0.5) is 5.82 Å². The fourth-order valence-corrected chi connectivity index (χ4v) is 3.70. The Morgan fingerprint density at radius 1 is 1.13 bits per heavy atom. The Balaban J connectivity index is 1.50. The largest absolute Gasteiger partial charge is 0.363 e. The number of hydrogen-bond donors (Lipinski definition) is 2. The number of aryl methyl sites for hydroxylation is 1. The first kappa shape index (κ1) is 23.8. The van der Waals surface area contributed by atoms with Crippen LogP contribution < -0.4 is 15.5 Å². The minimum absolute atomic E-state index is 0.544. The first-order valence-corrected chi connectivity index (χ1v) is 11.7. The van der Waals surface area contributed by atoms with Gasteiger partial charge in [-0.1, -0.05) is 29.3 Å². The maximum Gasteiger partial charge on any atom is 0.166 e. The molecule has 0 saturated carbocycles. The summed E-state index contributed by atoms with van der Waals surface area (Å²) >= 11 is 21.1. The molecule has 0 unspecified atom stereocenters. The summed E-state index contributed by atoms with van der Waals surface area (Å²) in [5.41, 5.74) is 1.05. The van der Waals surface area contributed by atoms with Gasteiger partial charge in [-0.15, -0.1) is 0 Å². The second-order valence-corrected chi connectivity index (χ2v) is 8.98. The molecule has 2 heterocycles. The Morgan fingerprint density at radius 2 is 1.97 bits per heavy atom. The highest BCUT2D eigenvalue weighted by Crippen LogP contribution is 2.24. The number of nitrogens with one attached hydrogen (secondary N) is 2. The molecule has 2 N–H and O–H groups in total. The van der Waals surface area contributed by atoms with Crippen LogP contribution in [0, 0.1) is 0 Å². The van der Waals surface area contributed by atoms with Gasteiger partial charge in [0.1, 0.15) is 5.82 Å². The summed E-state index contributed by atoms with van der Waals surface area (Å²) in [5.74, 6) is 0.871. The number of nitrogens with zero attached hydrogens (tertiary/aromatic N) is 4. The zero-order valence-corrected chi connectivity index (χ0v) is 20.7. The number of rotatable bonds is 10. The highest BCUT2D eigenvalue weighted by atomic mass is 79.9. The molecule has 3 rings (SSSR count). The summed E-state index contributed by atoms with van der Waals surface area (Å²) in [6.45, 7) is 3.74. The van der Waals surface area contributed by atoms with E-state index < -0.39 is 0 Å². The average molecular weight is 542 g/mol. The molecule has 0 aliphatic heterocycles. The molecule has 0 radical (unpaired) electrons. The molecule has 10 heteroatoms. The van der Waals surface area contributed by atoms with E-state index >= 15 is 0 Å². The topological polar surface area (TPSA) is 58.0 Å². The van der Waals surface area contributed by atoms with Gasteiger partial charge in [0, 0.05) is 55.8 Å². The Labute approximate surface area is 206 Å². The fraction of sp³-hybridized carbons (Fsp3) is 0.286. The molecule has 1 aromatic carbocycles. The van der Waals surface area contributed by atoms with Gasteiger partial charge in [-0.05, 0) is 64.4 Å². The van der Waals surface area contributed by atoms with E-state index in [1.807, 2.05) is 47.4 Å². The number of thiocarbonyl (C=S) groups is 1. The second kappa shape index (κ2) is 12.2. The van der Waals surface area contributed by atoms with Crippen LogP contribution >= 0.6 is 51.3 Å². The third-order valence-corrected chi connectivity index (χ3v) is 6.00. The van der Waals surface area contributed by atoms with E-state index in [9.17, 15) is 0 Å². The molecule has 0 spiro atoms. The van der Waals surface area contributed by atoms with Gasteiger partial charge in [0.15, 0.2) is 5.11 Å². The van der Waals surface area contributed by atoms with Crippen molar-refractivity contribution >= 4 is 62.3 Å². The second-order valence-electron chi connectivity index (χ2n) is 6.84. The first-order chi connectivity index (χ1) is 15.0. The number of benzene rings is 1. The highest BCUT2D eigenvalue weighted by Gasteiger charge is 2.10. The summed E-state index contributed by atoms with van der Waals surface area (Å²) in [5, 5.41) is 8.25. The molecule has 0 saturated heterocycles. The van der Waals surface area contributed by atoms with Crippen LogP contribution in [-0.4, -0.2) is 39.3 Å². The van der Waals surface area contributed by atoms with Gasteiger partial charge in [-0.25, -0.2) is 9.97 Å². The first-order valence-electron chi connectivity index (χ1n) is 9.79. The fourth-order valence-electron chi connectivity index (χ4n) is 2.94. The van der Waals surface area contributed by atoms with Crippen molar-refractivity contribution in [3.8, 4) is 0 Å². The minimum Gasteiger partial charge on any atom is -0.363 e. The highest BCUT2D eigenvalue weighted by molar-refractivity contribution is 9.10. The van der Waals surface area contributed by atoms with Crippen LogP contribution in [0.5, 0.6) is 0 Å². The van der Waals surface area contributed by atoms with E-state index in [-0.39, 0.29) is 0 Å². The molecule has 0 aliphatic rings. The molecule has 3 aromatic rings. The number of hydrogen-bond acceptors (Lipinski definition) is 4. The van der Waals surface area contributed by atoms with Crippen molar-refractivity contribution in [1.29, 1.82) is 0 Å². The number of anilines is 1. The maximum atomic E-state index is 6.19. The molecule has 0 atom stereocenters. The summed E-state index contributed by atoms with van der Waals surface area (Å²) in [4.78, 5) is 10.7. The predicted molar refractivity (Wildman–Crippen MR) is 135 cm³/mol. The van der Waals surface area contributed by atoms with E-state index in [4.69, 9.17) is 35.4 Å². The van der Waals surface area contributed by atoms with Gasteiger partial charge < -0.3 is 20.1 Å². The summed E-state index contributed by atoms with van der Waals surface area (Å²) < 4.78 is 2.98. The van der Waals surface area contributed by atoms with Crippen molar-refractivity contribution in [3.63, 3.8) is 0 Å². The van der Waals surface area contributed by atoms with Crippen molar-refractivity contribution in [3.05, 3.63) is 75.3 Å². The van der Waals surface area contributed by atoms with Crippen LogP contribution in [0.1, 0.15) is 12.0 Å². The third kappa shape index (κ3) is 7.96. The van der Waals surface area contributed by atoms with E-state index in [1.165, 1.54) is 0 Å². The van der Waals surface area contributed by atoms with Crippen LogP contribution in [0.2, 0.25) is 10.0 Å². The molecule has 0 amide bonds. The lowest BCUT2D eigenvalue weighted by molar-refractivity contribution is 0.626. The molecule has 2 aromatic heterocycles. The molecular formula is C21H23BrCl2N6S. The Morgan fingerprint density at radius 3 is 2.68 bits per heavy atom. The van der Waals surface area contributed by atoms with Gasteiger partial charge in [0.05, 0.1) is 16.4 Å². The van der Waals surface area contributed by atoms with Crippen molar-refractivity contribution in [1.82, 2.24) is 25.2 Å². The van der Waals surface area contributed by atoms with Gasteiger partial charge in [-0.2, -0.15) is 0 Å². The normalized spacial score (nSPS) is 10.7. The number of pyridine rings is 1. The molecule has 31 heavy (non-hydrogen) atoms. The van der Waals surface area contributed by atoms with Crippen molar-refractivity contribution < 1.29 is 0 Å². The van der Waals surface area contributed by atoms with Gasteiger partial charge in [-0.3, -0.25) is 0 Å². The molecule has 164 valence electrons. The number of aromatic nitrogens is 3. The van der Waals surface area contributed by atoms with Crippen LogP contribution in [0.15, 0.2) is 59.7 Å². The summed E-state index contributed by atoms with van der Waals surface area (Å²) in [6.07, 6.45) is 8.30. The quantitative estimate of drug-likeness (QED) is 0.281. The Kier molecular flexibility index (Phi) is 9.39. The molecular weight excluding hydrogens is 519 g/mol. The van der Waals surface area contributed by atoms with Gasteiger partial charge in [0.2, 0.25) is 0 Å². The van der Waals surface area contributed by atoms with Crippen LogP contribution in [0.25, 0.3) is 0 Å². The van der Waals surface area contributed by atoms with Crippen molar-refractivity contribution in [2.75, 3.05) is 24.5 Å². The lowest BCUT2D eigenvalue weighted by Gasteiger charge is -2.24. The zero-order valence-electron chi connectivity index (χ0n) is 16.8. The Hall–Kier alpha value is -1.87. The molecule has 6 nitrogen and oxygen atoms in total. The van der Waals surface area contributed by atoms with E-state index in [2.05, 4.69) is 41.4 Å². The average Bonchev–Trinajstić information content (AvgIpc) is 3.27. The number of halogens is 3. The smallest absolute Gasteiger partial charge is 0.166 e. The summed E-state index contributed by atoms with van der Waals surface area (Å²) in [7, 11) is 0. The zero-order chi connectivity index (χ0) is 22.1. The molecule has 0 bridgehead atoms. The molecule has 0 fully saturated rings. The van der Waals surface area contributed by atoms with Crippen molar-refractivity contribution in [2.24, 2.45) is 0 Å². The monoisotopic (exact) mass is 540 g/mol. The standard InChI is InChI=1S/C21H23BrCl2N6S/c22-17-3-5-20(28-13-17)30(14-16-2-4-18(23)19(24)12-16)11-8-27-21(31)26-6-1-9-29-10-7-25-15-29/h2-5,7,10,12-13,15H,1,6,8-9,11,14H2,(H2,26,27,31). The Bertz CT molecular complexity index is 969. The van der Waals surface area contributed by atoms with Gasteiger partial charge in [0.25, 0.3) is 0 Å². The van der Waals surface area contributed by atoms with Crippen molar-refractivity contribution in [2.45, 2.75) is 19.5 Å². The lowest BCUT2D eigenvalue weighted by atomic mass is 10.2. The lowest BCUT2D eigenvalue weighted by Crippen LogP contribution is -2.40. The number of imidazole rings is 1.